The standard InChI is InChI=1S/C16H22N2O4/c1-10-7-13(14(20)17-11(10)2)15(21)18-9-12(19)8-16(18)3-5-22-6-4-16/h7,12,19H,3-6,8-9H2,1-2H3,(H,17,20). The fourth-order valence-corrected chi connectivity index (χ4v) is 3.57. The number of hydrogen-bond acceptors (Lipinski definition) is 4. The van der Waals surface area contributed by atoms with Crippen LogP contribution >= 0.6 is 0 Å². The number of ether oxygens (including phenoxy) is 1. The van der Waals surface area contributed by atoms with Crippen LogP contribution in [0.2, 0.25) is 0 Å². The van der Waals surface area contributed by atoms with Gasteiger partial charge in [-0.1, -0.05) is 0 Å². The number of carbonyl (C=O) groups excluding carboxylic acids is 1. The number of aromatic amines is 1. The summed E-state index contributed by atoms with van der Waals surface area (Å²) in [6, 6.07) is 1.65. The average molecular weight is 306 g/mol. The molecule has 120 valence electrons. The normalized spacial score (nSPS) is 24.0. The largest absolute Gasteiger partial charge is 0.391 e. The Bertz CT molecular complexity index is 646. The molecule has 2 fully saturated rings. The average Bonchev–Trinajstić information content (AvgIpc) is 2.79. The van der Waals surface area contributed by atoms with Gasteiger partial charge in [-0.25, -0.2) is 0 Å². The van der Waals surface area contributed by atoms with E-state index in [1.807, 2.05) is 13.8 Å². The van der Waals surface area contributed by atoms with Gasteiger partial charge in [0, 0.05) is 25.5 Å². The van der Waals surface area contributed by atoms with Gasteiger partial charge >= 0.3 is 0 Å². The van der Waals surface area contributed by atoms with Crippen LogP contribution in [-0.2, 0) is 4.74 Å². The number of aryl methyl sites for hydroxylation is 2. The van der Waals surface area contributed by atoms with Crippen molar-refractivity contribution in [1.82, 2.24) is 9.88 Å². The Balaban J connectivity index is 1.97. The second kappa shape index (κ2) is 5.52. The maximum atomic E-state index is 12.9. The number of likely N-dealkylation sites (tertiary alicyclic amines) is 1. The van der Waals surface area contributed by atoms with E-state index in [0.29, 0.717) is 32.5 Å². The van der Waals surface area contributed by atoms with Gasteiger partial charge in [0.2, 0.25) is 0 Å². The van der Waals surface area contributed by atoms with E-state index in [-0.39, 0.29) is 29.1 Å². The van der Waals surface area contributed by atoms with Gasteiger partial charge in [0.15, 0.2) is 0 Å². The van der Waals surface area contributed by atoms with E-state index in [4.69, 9.17) is 4.74 Å². The second-order valence-electron chi connectivity index (χ2n) is 6.43. The number of carbonyl (C=O) groups is 1. The highest BCUT2D eigenvalue weighted by atomic mass is 16.5. The molecule has 1 aromatic rings. The number of nitrogens with one attached hydrogen (secondary N) is 1. The zero-order valence-electron chi connectivity index (χ0n) is 13.0. The molecular weight excluding hydrogens is 284 g/mol. The molecule has 3 rings (SSSR count). The summed E-state index contributed by atoms with van der Waals surface area (Å²) in [5.41, 5.74) is 1.06. The van der Waals surface area contributed by atoms with Gasteiger partial charge in [-0.05, 0) is 44.7 Å². The van der Waals surface area contributed by atoms with Crippen LogP contribution in [0.3, 0.4) is 0 Å². The molecule has 1 atom stereocenters. The number of pyridine rings is 1. The van der Waals surface area contributed by atoms with Crippen LogP contribution in [0.5, 0.6) is 0 Å². The number of rotatable bonds is 1. The van der Waals surface area contributed by atoms with Gasteiger partial charge in [0.05, 0.1) is 11.6 Å². The van der Waals surface area contributed by atoms with Gasteiger partial charge in [0.25, 0.3) is 11.5 Å². The summed E-state index contributed by atoms with van der Waals surface area (Å²) < 4.78 is 5.40. The molecule has 0 aromatic carbocycles. The first-order valence-electron chi connectivity index (χ1n) is 7.71. The second-order valence-corrected chi connectivity index (χ2v) is 6.43. The molecule has 2 saturated heterocycles. The van der Waals surface area contributed by atoms with Gasteiger partial charge < -0.3 is 19.7 Å². The Kier molecular flexibility index (Phi) is 3.82. The topological polar surface area (TPSA) is 82.6 Å². The lowest BCUT2D eigenvalue weighted by Gasteiger charge is -2.41. The molecule has 6 heteroatoms. The predicted molar refractivity (Wildman–Crippen MR) is 81.0 cm³/mol. The van der Waals surface area contributed by atoms with Gasteiger partial charge in [-0.3, -0.25) is 9.59 Å². The van der Waals surface area contributed by atoms with Crippen LogP contribution in [0.25, 0.3) is 0 Å². The number of hydrogen-bond donors (Lipinski definition) is 2. The molecule has 2 aliphatic heterocycles. The lowest BCUT2D eigenvalue weighted by Crippen LogP contribution is -2.51. The monoisotopic (exact) mass is 306 g/mol. The van der Waals surface area contributed by atoms with E-state index in [1.54, 1.807) is 11.0 Å². The molecule has 6 nitrogen and oxygen atoms in total. The summed E-state index contributed by atoms with van der Waals surface area (Å²) in [4.78, 5) is 29.5. The van der Waals surface area contributed by atoms with E-state index in [1.165, 1.54) is 0 Å². The summed E-state index contributed by atoms with van der Waals surface area (Å²) in [5.74, 6) is -0.289. The van der Waals surface area contributed by atoms with Crippen LogP contribution in [0, 0.1) is 13.8 Å². The predicted octanol–water partition coefficient (Wildman–Crippen LogP) is 0.748. The number of amides is 1. The molecule has 0 aliphatic carbocycles. The fourth-order valence-electron chi connectivity index (χ4n) is 3.57. The van der Waals surface area contributed by atoms with Crippen molar-refractivity contribution < 1.29 is 14.6 Å². The minimum absolute atomic E-state index is 0.156. The Morgan fingerprint density at radius 1 is 1.41 bits per heavy atom. The molecule has 2 aliphatic rings. The molecular formula is C16H22N2O4. The zero-order chi connectivity index (χ0) is 15.9. The molecule has 2 N–H and O–H groups in total. The number of aliphatic hydroxyl groups excluding tert-OH is 1. The van der Waals surface area contributed by atoms with Crippen molar-refractivity contribution in [2.45, 2.75) is 44.8 Å². The van der Waals surface area contributed by atoms with E-state index >= 15 is 0 Å². The van der Waals surface area contributed by atoms with Crippen molar-refractivity contribution in [1.29, 1.82) is 0 Å². The van der Waals surface area contributed by atoms with Gasteiger partial charge in [-0.2, -0.15) is 0 Å². The summed E-state index contributed by atoms with van der Waals surface area (Å²) in [7, 11) is 0. The molecule has 0 radical (unpaired) electrons. The third-order valence-corrected chi connectivity index (χ3v) is 4.98. The Labute approximate surface area is 129 Å². The highest BCUT2D eigenvalue weighted by Gasteiger charge is 2.48. The lowest BCUT2D eigenvalue weighted by atomic mass is 9.86. The summed E-state index contributed by atoms with van der Waals surface area (Å²) in [6.07, 6.45) is 1.44. The number of aromatic nitrogens is 1. The highest BCUT2D eigenvalue weighted by molar-refractivity contribution is 5.95. The number of nitrogens with zero attached hydrogens (tertiary/aromatic N) is 1. The van der Waals surface area contributed by atoms with Crippen LogP contribution in [0.1, 0.15) is 40.9 Å². The smallest absolute Gasteiger partial charge is 0.261 e. The molecule has 1 amide bonds. The van der Waals surface area contributed by atoms with E-state index < -0.39 is 6.10 Å². The maximum Gasteiger partial charge on any atom is 0.261 e. The lowest BCUT2D eigenvalue weighted by molar-refractivity contribution is -0.00361. The molecule has 3 heterocycles. The van der Waals surface area contributed by atoms with Gasteiger partial charge in [0.1, 0.15) is 5.56 Å². The van der Waals surface area contributed by atoms with Crippen LogP contribution in [-0.4, -0.2) is 52.3 Å². The minimum Gasteiger partial charge on any atom is -0.391 e. The molecule has 22 heavy (non-hydrogen) atoms. The third-order valence-electron chi connectivity index (χ3n) is 4.98. The van der Waals surface area contributed by atoms with E-state index in [0.717, 1.165) is 11.3 Å². The zero-order valence-corrected chi connectivity index (χ0v) is 13.0. The van der Waals surface area contributed by atoms with Crippen molar-refractivity contribution in [3.63, 3.8) is 0 Å². The summed E-state index contributed by atoms with van der Waals surface area (Å²) in [6.45, 7) is 5.13. The molecule has 1 aromatic heterocycles. The SMILES string of the molecule is Cc1cc(C(=O)N2CC(O)CC23CCOCC3)c(=O)[nH]c1C. The number of H-pyrrole nitrogens is 1. The Morgan fingerprint density at radius 2 is 2.09 bits per heavy atom. The van der Waals surface area contributed by atoms with Crippen LogP contribution in [0.4, 0.5) is 0 Å². The van der Waals surface area contributed by atoms with Crippen molar-refractivity contribution in [3.8, 4) is 0 Å². The molecule has 1 spiro atoms. The van der Waals surface area contributed by atoms with Crippen molar-refractivity contribution >= 4 is 5.91 Å². The van der Waals surface area contributed by atoms with Crippen molar-refractivity contribution in [2.24, 2.45) is 0 Å². The Morgan fingerprint density at radius 3 is 2.77 bits per heavy atom. The highest BCUT2D eigenvalue weighted by Crippen LogP contribution is 2.38. The third kappa shape index (κ3) is 2.46. The maximum absolute atomic E-state index is 12.9. The van der Waals surface area contributed by atoms with Crippen LogP contribution < -0.4 is 5.56 Å². The van der Waals surface area contributed by atoms with E-state index in [9.17, 15) is 14.7 Å². The fraction of sp³-hybridized carbons (Fsp3) is 0.625. The summed E-state index contributed by atoms with van der Waals surface area (Å²) >= 11 is 0. The molecule has 1 unspecified atom stereocenters. The number of aliphatic hydroxyl groups is 1. The van der Waals surface area contributed by atoms with Crippen LogP contribution in [0.15, 0.2) is 10.9 Å². The number of β-amino-alcohol motifs (C(OH)–C–C–N with tert-alkyl or cyclic N) is 1. The quantitative estimate of drug-likeness (QED) is 0.802. The Hall–Kier alpha value is -1.66. The first-order chi connectivity index (χ1) is 10.4. The van der Waals surface area contributed by atoms with E-state index in [2.05, 4.69) is 4.98 Å². The molecule has 0 saturated carbocycles. The van der Waals surface area contributed by atoms with Crippen molar-refractivity contribution in [3.05, 3.63) is 33.2 Å². The molecule has 0 bridgehead atoms. The van der Waals surface area contributed by atoms with Crippen molar-refractivity contribution in [2.75, 3.05) is 19.8 Å². The first kappa shape index (κ1) is 15.2. The minimum atomic E-state index is -0.535. The summed E-state index contributed by atoms with van der Waals surface area (Å²) in [5, 5.41) is 10.1. The van der Waals surface area contributed by atoms with Gasteiger partial charge in [-0.15, -0.1) is 0 Å². The first-order valence-corrected chi connectivity index (χ1v) is 7.71.